The van der Waals surface area contributed by atoms with Gasteiger partial charge in [-0.1, -0.05) is 27.7 Å². The molecule has 0 aliphatic rings. The third-order valence-electron chi connectivity index (χ3n) is 6.11. The van der Waals surface area contributed by atoms with Gasteiger partial charge in [0.1, 0.15) is 11.5 Å². The number of ether oxygens (including phenoxy) is 2. The minimum Gasteiger partial charge on any atom is -0.494 e. The van der Waals surface area contributed by atoms with Crippen LogP contribution >= 0.6 is 24.8 Å². The molecule has 8 heteroatoms. The average Bonchev–Trinajstić information content (AvgIpc) is 2.92. The van der Waals surface area contributed by atoms with Gasteiger partial charge in [0, 0.05) is 36.1 Å². The van der Waals surface area contributed by atoms with Gasteiger partial charge in [0.05, 0.1) is 13.2 Å². The van der Waals surface area contributed by atoms with Crippen LogP contribution in [-0.2, 0) is 0 Å². The summed E-state index contributed by atoms with van der Waals surface area (Å²) in [6.45, 7) is 12.3. The Labute approximate surface area is 241 Å². The first-order valence-electron chi connectivity index (χ1n) is 13.5. The van der Waals surface area contributed by atoms with E-state index in [2.05, 4.69) is 24.5 Å². The Hall–Kier alpha value is -2.12. The van der Waals surface area contributed by atoms with Crippen molar-refractivity contribution in [2.75, 3.05) is 39.4 Å². The van der Waals surface area contributed by atoms with Crippen LogP contribution in [0.1, 0.15) is 74.1 Å². The highest BCUT2D eigenvalue weighted by Gasteiger charge is 2.25. The van der Waals surface area contributed by atoms with Crippen LogP contribution in [-0.4, -0.2) is 51.0 Å². The molecule has 2 atom stereocenters. The van der Waals surface area contributed by atoms with Crippen molar-refractivity contribution in [3.8, 4) is 11.5 Å². The van der Waals surface area contributed by atoms with Gasteiger partial charge in [0.2, 0.25) is 0 Å². The summed E-state index contributed by atoms with van der Waals surface area (Å²) in [5.41, 5.74) is 1.36. The van der Waals surface area contributed by atoms with E-state index in [4.69, 9.17) is 9.47 Å². The Kier molecular flexibility index (Phi) is 19.6. The van der Waals surface area contributed by atoms with E-state index in [1.807, 2.05) is 62.4 Å². The molecule has 214 valence electrons. The lowest BCUT2D eigenvalue weighted by Crippen LogP contribution is -2.32. The molecule has 38 heavy (non-hydrogen) atoms. The summed E-state index contributed by atoms with van der Waals surface area (Å²) < 4.78 is 11.3. The molecule has 2 unspecified atom stereocenters. The Morgan fingerprint density at radius 1 is 0.632 bits per heavy atom. The summed E-state index contributed by atoms with van der Waals surface area (Å²) in [7, 11) is 0. The molecule has 0 aromatic heterocycles. The molecule has 0 aliphatic carbocycles. The van der Waals surface area contributed by atoms with Crippen molar-refractivity contribution in [3.05, 3.63) is 59.7 Å². The molecule has 6 nitrogen and oxygen atoms in total. The topological polar surface area (TPSA) is 76.7 Å². The maximum atomic E-state index is 13.4. The molecule has 0 fully saturated rings. The van der Waals surface area contributed by atoms with Gasteiger partial charge in [-0.15, -0.1) is 24.8 Å². The summed E-state index contributed by atoms with van der Waals surface area (Å²) in [6.07, 6.45) is 3.16. The summed E-state index contributed by atoms with van der Waals surface area (Å²) in [6, 6.07) is 14.8. The van der Waals surface area contributed by atoms with Gasteiger partial charge in [-0.3, -0.25) is 9.59 Å². The fourth-order valence-corrected chi connectivity index (χ4v) is 4.03. The van der Waals surface area contributed by atoms with Crippen LogP contribution in [0.2, 0.25) is 0 Å². The fourth-order valence-electron chi connectivity index (χ4n) is 4.03. The van der Waals surface area contributed by atoms with Crippen LogP contribution in [0.15, 0.2) is 48.5 Å². The molecule has 2 aromatic carbocycles. The second kappa shape index (κ2) is 20.8. The quantitative estimate of drug-likeness (QED) is 0.191. The maximum Gasteiger partial charge on any atom is 0.167 e. The number of benzene rings is 2. The van der Waals surface area contributed by atoms with Crippen LogP contribution in [0.4, 0.5) is 0 Å². The van der Waals surface area contributed by atoms with Crippen molar-refractivity contribution >= 4 is 36.4 Å². The minimum atomic E-state index is -0.200. The molecule has 0 spiro atoms. The van der Waals surface area contributed by atoms with E-state index < -0.39 is 0 Å². The summed E-state index contributed by atoms with van der Waals surface area (Å²) in [5.74, 6) is 1.36. The van der Waals surface area contributed by atoms with E-state index in [0.717, 1.165) is 37.4 Å². The monoisotopic (exact) mass is 568 g/mol. The van der Waals surface area contributed by atoms with Crippen LogP contribution in [0.3, 0.4) is 0 Å². The van der Waals surface area contributed by atoms with Crippen LogP contribution in [0.5, 0.6) is 11.5 Å². The molecule has 0 amide bonds. The van der Waals surface area contributed by atoms with Gasteiger partial charge in [-0.05, 0) is 87.3 Å². The highest BCUT2D eigenvalue weighted by Crippen LogP contribution is 2.23. The third kappa shape index (κ3) is 12.2. The largest absolute Gasteiger partial charge is 0.494 e. The predicted octanol–water partition coefficient (Wildman–Crippen LogP) is 6.41. The zero-order valence-electron chi connectivity index (χ0n) is 23.3. The lowest BCUT2D eigenvalue weighted by atomic mass is 9.86. The van der Waals surface area contributed by atoms with Crippen molar-refractivity contribution in [1.82, 2.24) is 10.6 Å². The number of halogens is 2. The second-order valence-corrected chi connectivity index (χ2v) is 9.06. The zero-order chi connectivity index (χ0) is 26.2. The van der Waals surface area contributed by atoms with E-state index in [-0.39, 0.29) is 48.2 Å². The highest BCUT2D eigenvalue weighted by atomic mass is 35.5. The molecule has 2 rings (SSSR count). The summed E-state index contributed by atoms with van der Waals surface area (Å²) in [4.78, 5) is 26.7. The predicted molar refractivity (Wildman–Crippen MR) is 161 cm³/mol. The first-order chi connectivity index (χ1) is 17.5. The number of hydrogen-bond donors (Lipinski definition) is 2. The third-order valence-corrected chi connectivity index (χ3v) is 6.11. The lowest BCUT2D eigenvalue weighted by molar-refractivity contribution is 0.0865. The van der Waals surface area contributed by atoms with Crippen molar-refractivity contribution in [1.29, 1.82) is 0 Å². The van der Waals surface area contributed by atoms with E-state index in [1.165, 1.54) is 0 Å². The normalized spacial score (nSPS) is 12.0. The zero-order valence-corrected chi connectivity index (χ0v) is 24.9. The smallest absolute Gasteiger partial charge is 0.167 e. The summed E-state index contributed by atoms with van der Waals surface area (Å²) >= 11 is 0. The van der Waals surface area contributed by atoms with Gasteiger partial charge in [0.15, 0.2) is 11.6 Å². The van der Waals surface area contributed by atoms with Crippen molar-refractivity contribution in [2.24, 2.45) is 11.8 Å². The Morgan fingerprint density at radius 3 is 1.26 bits per heavy atom. The van der Waals surface area contributed by atoms with Gasteiger partial charge in [0.25, 0.3) is 0 Å². The molecule has 2 N–H and O–H groups in total. The molecule has 0 aliphatic heterocycles. The fraction of sp³-hybridized carbons (Fsp3) is 0.533. The van der Waals surface area contributed by atoms with Crippen LogP contribution < -0.4 is 20.1 Å². The van der Waals surface area contributed by atoms with Crippen molar-refractivity contribution in [3.63, 3.8) is 0 Å². The average molecular weight is 570 g/mol. The number of Topliss-reactive ketones (excluding diaryl/α,β-unsaturated/α-hetero) is 2. The number of carbonyl (C=O) groups is 2. The second-order valence-electron chi connectivity index (χ2n) is 9.06. The molecule has 0 saturated heterocycles. The van der Waals surface area contributed by atoms with E-state index >= 15 is 0 Å². The molecular weight excluding hydrogens is 523 g/mol. The van der Waals surface area contributed by atoms with E-state index in [0.29, 0.717) is 50.3 Å². The van der Waals surface area contributed by atoms with E-state index in [9.17, 15) is 9.59 Å². The first-order valence-corrected chi connectivity index (χ1v) is 13.5. The van der Waals surface area contributed by atoms with Crippen LogP contribution in [0.25, 0.3) is 0 Å². The first kappa shape index (κ1) is 35.9. The molecule has 0 heterocycles. The highest BCUT2D eigenvalue weighted by molar-refractivity contribution is 5.99. The molecule has 0 bridgehead atoms. The van der Waals surface area contributed by atoms with Crippen LogP contribution in [0, 0.1) is 11.8 Å². The van der Waals surface area contributed by atoms with Gasteiger partial charge < -0.3 is 20.1 Å². The number of carbonyl (C=O) groups excluding carboxylic acids is 2. The molecular formula is C30H46Cl2N2O4. The summed E-state index contributed by atoms with van der Waals surface area (Å²) in [5, 5.41) is 6.66. The standard InChI is InChI=1S/C30H44N2O4.2ClH/c1-5-19-35-27-15-11-23(12-16-27)29(33)25(21-31-7-3)9-10-26(22-32-8-4)30(34)24-13-17-28(18-14-24)36-20-6-2;;/h11-18,25-26,31-32H,5-10,19-22H2,1-4H3;2*1H. The SMILES string of the molecule is CCCOc1ccc(C(=O)C(CCC(CNCC)C(=O)c2ccc(OCCC)cc2)CNCC)cc1.Cl.Cl. The maximum absolute atomic E-state index is 13.4. The van der Waals surface area contributed by atoms with Crippen molar-refractivity contribution in [2.45, 2.75) is 53.4 Å². The molecule has 0 saturated carbocycles. The van der Waals surface area contributed by atoms with Gasteiger partial charge in [-0.25, -0.2) is 0 Å². The number of nitrogens with one attached hydrogen (secondary N) is 2. The molecule has 0 radical (unpaired) electrons. The van der Waals surface area contributed by atoms with Gasteiger partial charge >= 0.3 is 0 Å². The number of rotatable bonds is 19. The number of hydrogen-bond acceptors (Lipinski definition) is 6. The minimum absolute atomic E-state index is 0. The Morgan fingerprint density at radius 2 is 0.974 bits per heavy atom. The Bertz CT molecular complexity index is 832. The van der Waals surface area contributed by atoms with Crippen molar-refractivity contribution < 1.29 is 19.1 Å². The lowest BCUT2D eigenvalue weighted by Gasteiger charge is -2.21. The number of ketones is 2. The van der Waals surface area contributed by atoms with E-state index in [1.54, 1.807) is 0 Å². The Balaban J connectivity index is 0.00000684. The van der Waals surface area contributed by atoms with Gasteiger partial charge in [-0.2, -0.15) is 0 Å². The molecule has 2 aromatic rings.